The number of aryl methyl sites for hydroxylation is 1. The molecule has 1 heterocycles. The molecule has 0 spiro atoms. The molecule has 0 bridgehead atoms. The average molecular weight is 259 g/mol. The molecule has 0 amide bonds. The average Bonchev–Trinajstić information content (AvgIpc) is 2.40. The van der Waals surface area contributed by atoms with Gasteiger partial charge in [0.05, 0.1) is 7.11 Å². The van der Waals surface area contributed by atoms with Crippen LogP contribution in [-0.4, -0.2) is 20.2 Å². The molecule has 1 aromatic carbocycles. The van der Waals surface area contributed by atoms with Crippen molar-refractivity contribution < 1.29 is 4.74 Å². The van der Waals surface area contributed by atoms with Crippen molar-refractivity contribution in [2.45, 2.75) is 33.1 Å². The lowest BCUT2D eigenvalue weighted by Gasteiger charge is -2.27. The van der Waals surface area contributed by atoms with Crippen molar-refractivity contribution in [1.29, 1.82) is 0 Å². The van der Waals surface area contributed by atoms with Gasteiger partial charge < -0.3 is 9.64 Å². The maximum absolute atomic E-state index is 5.42. The summed E-state index contributed by atoms with van der Waals surface area (Å²) in [6, 6.07) is 6.50. The highest BCUT2D eigenvalue weighted by Crippen LogP contribution is 2.26. The Labute approximate surface area is 117 Å². The van der Waals surface area contributed by atoms with Crippen LogP contribution >= 0.6 is 0 Å². The summed E-state index contributed by atoms with van der Waals surface area (Å²) >= 11 is 0. The molecule has 2 heteroatoms. The van der Waals surface area contributed by atoms with Crippen molar-refractivity contribution in [2.75, 3.05) is 25.1 Å². The molecule has 0 radical (unpaired) electrons. The summed E-state index contributed by atoms with van der Waals surface area (Å²) in [6.45, 7) is 6.50. The van der Waals surface area contributed by atoms with Crippen molar-refractivity contribution in [3.63, 3.8) is 0 Å². The van der Waals surface area contributed by atoms with Gasteiger partial charge in [-0.1, -0.05) is 25.1 Å². The molecule has 2 nitrogen and oxygen atoms in total. The van der Waals surface area contributed by atoms with E-state index >= 15 is 0 Å². The zero-order chi connectivity index (χ0) is 13.7. The number of nitrogens with zero attached hydrogens (tertiary/aromatic N) is 1. The van der Waals surface area contributed by atoms with Gasteiger partial charge in [-0.15, -0.1) is 0 Å². The van der Waals surface area contributed by atoms with Crippen LogP contribution in [0.1, 0.15) is 31.7 Å². The third kappa shape index (κ3) is 3.52. The highest BCUT2D eigenvalue weighted by Gasteiger charge is 2.11. The minimum absolute atomic E-state index is 0.773. The van der Waals surface area contributed by atoms with Gasteiger partial charge in [-0.3, -0.25) is 0 Å². The molecule has 1 unspecified atom stereocenters. The van der Waals surface area contributed by atoms with Gasteiger partial charge in [0.15, 0.2) is 0 Å². The van der Waals surface area contributed by atoms with Gasteiger partial charge in [0.1, 0.15) is 5.75 Å². The summed E-state index contributed by atoms with van der Waals surface area (Å²) in [5.41, 5.74) is 2.46. The number of allylic oxidation sites excluding steroid dienone is 1. The number of methoxy groups -OCH3 is 1. The monoisotopic (exact) mass is 259 g/mol. The lowest BCUT2D eigenvalue weighted by molar-refractivity contribution is 0.411. The van der Waals surface area contributed by atoms with Crippen molar-refractivity contribution in [1.82, 2.24) is 0 Å². The van der Waals surface area contributed by atoms with Crippen molar-refractivity contribution in [3.8, 4) is 5.75 Å². The van der Waals surface area contributed by atoms with Crippen molar-refractivity contribution in [2.24, 2.45) is 5.92 Å². The van der Waals surface area contributed by atoms with E-state index in [1.165, 1.54) is 30.5 Å². The quantitative estimate of drug-likeness (QED) is 0.755. The first-order valence-corrected chi connectivity index (χ1v) is 7.30. The van der Waals surface area contributed by atoms with Crippen LogP contribution in [0.15, 0.2) is 30.4 Å². The topological polar surface area (TPSA) is 12.5 Å². The molecule has 0 aliphatic carbocycles. The molecule has 19 heavy (non-hydrogen) atoms. The molecule has 0 saturated carbocycles. The SMILES string of the molecule is CCC1/C=C/CN(c2ccc(C)c(OC)c2)CCC1. The van der Waals surface area contributed by atoms with Crippen LogP contribution in [0.2, 0.25) is 0 Å². The number of ether oxygens (including phenoxy) is 1. The molecule has 2 rings (SSSR count). The van der Waals surface area contributed by atoms with E-state index in [0.29, 0.717) is 0 Å². The first-order chi connectivity index (χ1) is 9.24. The van der Waals surface area contributed by atoms with E-state index in [-0.39, 0.29) is 0 Å². The Balaban J connectivity index is 2.13. The molecule has 0 saturated heterocycles. The molecule has 0 aromatic heterocycles. The predicted molar refractivity (Wildman–Crippen MR) is 82.1 cm³/mol. The highest BCUT2D eigenvalue weighted by atomic mass is 16.5. The number of hydrogen-bond acceptors (Lipinski definition) is 2. The van der Waals surface area contributed by atoms with Gasteiger partial charge in [-0.05, 0) is 43.7 Å². The van der Waals surface area contributed by atoms with Gasteiger partial charge in [0.25, 0.3) is 0 Å². The Hall–Kier alpha value is -1.44. The Morgan fingerprint density at radius 1 is 1.37 bits per heavy atom. The van der Waals surface area contributed by atoms with Gasteiger partial charge in [0.2, 0.25) is 0 Å². The minimum Gasteiger partial charge on any atom is -0.496 e. The Morgan fingerprint density at radius 3 is 2.95 bits per heavy atom. The van der Waals surface area contributed by atoms with E-state index in [1.807, 2.05) is 0 Å². The largest absolute Gasteiger partial charge is 0.496 e. The standard InChI is InChI=1S/C17H25NO/c1-4-15-7-5-11-18(12-6-8-15)16-10-9-14(2)17(13-16)19-3/h5,7,9-10,13,15H,4,6,8,11-12H2,1-3H3/b7-5+. The predicted octanol–water partition coefficient (Wildman–Crippen LogP) is 4.19. The zero-order valence-electron chi connectivity index (χ0n) is 12.4. The van der Waals surface area contributed by atoms with Crippen LogP contribution in [0, 0.1) is 12.8 Å². The lowest BCUT2D eigenvalue weighted by Crippen LogP contribution is -2.26. The maximum Gasteiger partial charge on any atom is 0.123 e. The third-order valence-electron chi connectivity index (χ3n) is 4.02. The van der Waals surface area contributed by atoms with Crippen LogP contribution in [-0.2, 0) is 0 Å². The number of anilines is 1. The molecule has 1 atom stereocenters. The van der Waals surface area contributed by atoms with E-state index in [0.717, 1.165) is 24.8 Å². The molecule has 0 N–H and O–H groups in total. The second-order valence-electron chi connectivity index (χ2n) is 5.34. The highest BCUT2D eigenvalue weighted by molar-refractivity contribution is 5.54. The van der Waals surface area contributed by atoms with E-state index in [4.69, 9.17) is 4.74 Å². The first kappa shape index (κ1) is 14.0. The lowest BCUT2D eigenvalue weighted by atomic mass is 9.98. The minimum atomic E-state index is 0.773. The molecular formula is C17H25NO. The molecule has 1 aromatic rings. The fourth-order valence-electron chi connectivity index (χ4n) is 2.69. The molecule has 1 aliphatic rings. The van der Waals surface area contributed by atoms with E-state index < -0.39 is 0 Å². The normalized spacial score (nSPS) is 21.6. The van der Waals surface area contributed by atoms with Gasteiger partial charge in [-0.25, -0.2) is 0 Å². The van der Waals surface area contributed by atoms with Gasteiger partial charge in [0, 0.05) is 24.8 Å². The van der Waals surface area contributed by atoms with Crippen LogP contribution in [0.3, 0.4) is 0 Å². The molecular weight excluding hydrogens is 234 g/mol. The summed E-state index contributed by atoms with van der Waals surface area (Å²) in [4.78, 5) is 2.43. The summed E-state index contributed by atoms with van der Waals surface area (Å²) in [5, 5.41) is 0. The van der Waals surface area contributed by atoms with Crippen molar-refractivity contribution in [3.05, 3.63) is 35.9 Å². The van der Waals surface area contributed by atoms with Crippen LogP contribution in [0.25, 0.3) is 0 Å². The molecule has 104 valence electrons. The summed E-state index contributed by atoms with van der Waals surface area (Å²) in [7, 11) is 1.74. The van der Waals surface area contributed by atoms with E-state index in [1.54, 1.807) is 7.11 Å². The van der Waals surface area contributed by atoms with Crippen LogP contribution in [0.4, 0.5) is 5.69 Å². The second kappa shape index (κ2) is 6.65. The maximum atomic E-state index is 5.42. The Bertz CT molecular complexity index is 439. The third-order valence-corrected chi connectivity index (χ3v) is 4.02. The van der Waals surface area contributed by atoms with E-state index in [2.05, 4.69) is 49.1 Å². The molecule has 1 aliphatic heterocycles. The fraction of sp³-hybridized carbons (Fsp3) is 0.529. The molecule has 0 fully saturated rings. The Kier molecular flexibility index (Phi) is 4.89. The summed E-state index contributed by atoms with van der Waals surface area (Å²) < 4.78 is 5.42. The fourth-order valence-corrected chi connectivity index (χ4v) is 2.69. The van der Waals surface area contributed by atoms with Crippen LogP contribution < -0.4 is 9.64 Å². The zero-order valence-corrected chi connectivity index (χ0v) is 12.4. The number of hydrogen-bond donors (Lipinski definition) is 0. The first-order valence-electron chi connectivity index (χ1n) is 7.30. The number of rotatable bonds is 3. The van der Waals surface area contributed by atoms with Crippen LogP contribution in [0.5, 0.6) is 5.75 Å². The Morgan fingerprint density at radius 2 is 2.21 bits per heavy atom. The second-order valence-corrected chi connectivity index (χ2v) is 5.34. The number of benzene rings is 1. The summed E-state index contributed by atoms with van der Waals surface area (Å²) in [5.74, 6) is 1.75. The van der Waals surface area contributed by atoms with Gasteiger partial charge in [-0.2, -0.15) is 0 Å². The smallest absolute Gasteiger partial charge is 0.123 e. The van der Waals surface area contributed by atoms with Gasteiger partial charge >= 0.3 is 0 Å². The van der Waals surface area contributed by atoms with Crippen molar-refractivity contribution >= 4 is 5.69 Å². The van der Waals surface area contributed by atoms with E-state index in [9.17, 15) is 0 Å². The summed E-state index contributed by atoms with van der Waals surface area (Å²) in [6.07, 6.45) is 8.53.